The minimum absolute atomic E-state index is 0.202. The summed E-state index contributed by atoms with van der Waals surface area (Å²) in [5.41, 5.74) is 1.34. The van der Waals surface area contributed by atoms with E-state index < -0.39 is 0 Å². The molecule has 0 amide bonds. The smallest absolute Gasteiger partial charge is 0.122 e. The Kier molecular flexibility index (Phi) is 5.15. The first kappa shape index (κ1) is 14.0. The minimum Gasteiger partial charge on any atom is -0.371 e. The molecule has 2 rings (SSSR count). The molecule has 1 fully saturated rings. The molecule has 1 N–H and O–H groups in total. The van der Waals surface area contributed by atoms with E-state index in [-0.39, 0.29) is 6.10 Å². The molecular formula is C14H24N2OS. The van der Waals surface area contributed by atoms with Crippen LogP contribution in [-0.4, -0.2) is 18.6 Å². The maximum Gasteiger partial charge on any atom is 0.122 e. The molecule has 1 aliphatic carbocycles. The lowest BCUT2D eigenvalue weighted by Gasteiger charge is -2.12. The fraction of sp³-hybridized carbons (Fsp3) is 0.786. The number of rotatable bonds is 8. The van der Waals surface area contributed by atoms with Crippen molar-refractivity contribution >= 4 is 11.3 Å². The third-order valence-corrected chi connectivity index (χ3v) is 4.40. The Balaban J connectivity index is 2.17. The van der Waals surface area contributed by atoms with Crippen LogP contribution in [0.5, 0.6) is 0 Å². The highest BCUT2D eigenvalue weighted by Gasteiger charge is 2.30. The minimum atomic E-state index is 0.202. The molecule has 102 valence electrons. The fourth-order valence-corrected chi connectivity index (χ4v) is 3.47. The third kappa shape index (κ3) is 3.31. The van der Waals surface area contributed by atoms with Gasteiger partial charge in [-0.05, 0) is 33.2 Å². The maximum atomic E-state index is 5.84. The zero-order chi connectivity index (χ0) is 13.0. The molecule has 0 saturated heterocycles. The SMILES string of the molecule is CCCC(OCC)c1nc(C2CC2)c(CNC)s1. The second-order valence-corrected chi connectivity index (χ2v) is 6.01. The summed E-state index contributed by atoms with van der Waals surface area (Å²) in [7, 11) is 2.00. The Morgan fingerprint density at radius 1 is 1.44 bits per heavy atom. The van der Waals surface area contributed by atoms with Crippen LogP contribution in [-0.2, 0) is 11.3 Å². The normalized spacial score (nSPS) is 17.1. The van der Waals surface area contributed by atoms with Crippen molar-refractivity contribution in [2.24, 2.45) is 0 Å². The standard InChI is InChI=1S/C14H24N2OS/c1-4-6-11(17-5-2)14-16-13(10-7-8-10)12(18-14)9-15-3/h10-11,15H,4-9H2,1-3H3. The van der Waals surface area contributed by atoms with Gasteiger partial charge in [-0.25, -0.2) is 4.98 Å². The second-order valence-electron chi connectivity index (χ2n) is 4.90. The van der Waals surface area contributed by atoms with Crippen LogP contribution < -0.4 is 5.32 Å². The second kappa shape index (κ2) is 6.64. The first-order valence-corrected chi connectivity index (χ1v) is 7.87. The number of nitrogens with zero attached hydrogens (tertiary/aromatic N) is 1. The topological polar surface area (TPSA) is 34.1 Å². The summed E-state index contributed by atoms with van der Waals surface area (Å²) in [5.74, 6) is 0.724. The first-order chi connectivity index (χ1) is 8.80. The van der Waals surface area contributed by atoms with E-state index in [0.717, 1.165) is 31.9 Å². The van der Waals surface area contributed by atoms with Gasteiger partial charge in [0.05, 0.1) is 5.69 Å². The molecule has 0 bridgehead atoms. The van der Waals surface area contributed by atoms with Crippen molar-refractivity contribution in [1.82, 2.24) is 10.3 Å². The van der Waals surface area contributed by atoms with Gasteiger partial charge in [-0.15, -0.1) is 11.3 Å². The van der Waals surface area contributed by atoms with Gasteiger partial charge in [0.2, 0.25) is 0 Å². The van der Waals surface area contributed by atoms with Crippen molar-refractivity contribution in [3.8, 4) is 0 Å². The summed E-state index contributed by atoms with van der Waals surface area (Å²) < 4.78 is 5.84. The van der Waals surface area contributed by atoms with E-state index in [0.29, 0.717) is 0 Å². The number of thiazole rings is 1. The lowest BCUT2D eigenvalue weighted by molar-refractivity contribution is 0.0554. The van der Waals surface area contributed by atoms with Crippen LogP contribution in [0.2, 0.25) is 0 Å². The molecule has 18 heavy (non-hydrogen) atoms. The van der Waals surface area contributed by atoms with Gasteiger partial charge in [-0.3, -0.25) is 0 Å². The molecule has 0 radical (unpaired) electrons. The van der Waals surface area contributed by atoms with E-state index in [1.165, 1.54) is 28.4 Å². The lowest BCUT2D eigenvalue weighted by Crippen LogP contribution is -2.05. The van der Waals surface area contributed by atoms with Crippen molar-refractivity contribution < 1.29 is 4.74 Å². The van der Waals surface area contributed by atoms with Gasteiger partial charge in [-0.2, -0.15) is 0 Å². The van der Waals surface area contributed by atoms with Crippen molar-refractivity contribution in [2.75, 3.05) is 13.7 Å². The molecule has 1 unspecified atom stereocenters. The fourth-order valence-electron chi connectivity index (χ4n) is 2.22. The Hall–Kier alpha value is -0.450. The summed E-state index contributed by atoms with van der Waals surface area (Å²) in [6.45, 7) is 5.97. The van der Waals surface area contributed by atoms with Crippen molar-refractivity contribution in [3.05, 3.63) is 15.6 Å². The zero-order valence-corrected chi connectivity index (χ0v) is 12.5. The van der Waals surface area contributed by atoms with Crippen molar-refractivity contribution in [1.29, 1.82) is 0 Å². The Morgan fingerprint density at radius 2 is 2.22 bits per heavy atom. The predicted octanol–water partition coefficient (Wildman–Crippen LogP) is 3.62. The van der Waals surface area contributed by atoms with Crippen molar-refractivity contribution in [2.45, 2.75) is 58.1 Å². The molecule has 1 aromatic heterocycles. The third-order valence-electron chi connectivity index (χ3n) is 3.24. The number of nitrogens with one attached hydrogen (secondary N) is 1. The summed E-state index contributed by atoms with van der Waals surface area (Å²) in [5, 5.41) is 4.44. The molecule has 1 aliphatic rings. The molecule has 1 atom stereocenters. The van der Waals surface area contributed by atoms with E-state index in [2.05, 4.69) is 19.2 Å². The molecule has 4 heteroatoms. The van der Waals surface area contributed by atoms with Gasteiger partial charge >= 0.3 is 0 Å². The number of hydrogen-bond acceptors (Lipinski definition) is 4. The molecule has 0 spiro atoms. The van der Waals surface area contributed by atoms with E-state index in [4.69, 9.17) is 9.72 Å². The molecule has 1 saturated carbocycles. The first-order valence-electron chi connectivity index (χ1n) is 7.05. The number of hydrogen-bond donors (Lipinski definition) is 1. The molecule has 0 aliphatic heterocycles. The van der Waals surface area contributed by atoms with Gasteiger partial charge in [0.15, 0.2) is 0 Å². The monoisotopic (exact) mass is 268 g/mol. The molecule has 1 heterocycles. The van der Waals surface area contributed by atoms with Crippen LogP contribution >= 0.6 is 11.3 Å². The number of ether oxygens (including phenoxy) is 1. The number of aromatic nitrogens is 1. The van der Waals surface area contributed by atoms with Crippen LogP contribution in [0.25, 0.3) is 0 Å². The van der Waals surface area contributed by atoms with E-state index in [1.54, 1.807) is 0 Å². The highest BCUT2D eigenvalue weighted by atomic mass is 32.1. The largest absolute Gasteiger partial charge is 0.371 e. The predicted molar refractivity (Wildman–Crippen MR) is 76.1 cm³/mol. The van der Waals surface area contributed by atoms with Gasteiger partial charge < -0.3 is 10.1 Å². The summed E-state index contributed by atoms with van der Waals surface area (Å²) in [6, 6.07) is 0. The summed E-state index contributed by atoms with van der Waals surface area (Å²) >= 11 is 1.84. The molecule has 0 aromatic carbocycles. The zero-order valence-electron chi connectivity index (χ0n) is 11.7. The van der Waals surface area contributed by atoms with E-state index in [1.807, 2.05) is 18.4 Å². The molecule has 1 aromatic rings. The maximum absolute atomic E-state index is 5.84. The van der Waals surface area contributed by atoms with Crippen LogP contribution in [0, 0.1) is 0 Å². The highest BCUT2D eigenvalue weighted by molar-refractivity contribution is 7.11. The van der Waals surface area contributed by atoms with Gasteiger partial charge in [0.1, 0.15) is 11.1 Å². The average Bonchev–Trinajstić information content (AvgIpc) is 3.12. The van der Waals surface area contributed by atoms with Crippen LogP contribution in [0.3, 0.4) is 0 Å². The highest BCUT2D eigenvalue weighted by Crippen LogP contribution is 2.44. The lowest BCUT2D eigenvalue weighted by atomic mass is 10.2. The van der Waals surface area contributed by atoms with Crippen LogP contribution in [0.1, 0.15) is 67.1 Å². The van der Waals surface area contributed by atoms with Gasteiger partial charge in [0.25, 0.3) is 0 Å². The Bertz CT molecular complexity index is 368. The van der Waals surface area contributed by atoms with Gasteiger partial charge in [-0.1, -0.05) is 13.3 Å². The van der Waals surface area contributed by atoms with E-state index >= 15 is 0 Å². The summed E-state index contributed by atoms with van der Waals surface area (Å²) in [4.78, 5) is 6.29. The van der Waals surface area contributed by atoms with E-state index in [9.17, 15) is 0 Å². The molecule has 3 nitrogen and oxygen atoms in total. The van der Waals surface area contributed by atoms with Gasteiger partial charge in [0, 0.05) is 23.9 Å². The molecular weight excluding hydrogens is 244 g/mol. The Morgan fingerprint density at radius 3 is 2.78 bits per heavy atom. The quantitative estimate of drug-likeness (QED) is 0.782. The van der Waals surface area contributed by atoms with Crippen LogP contribution in [0.4, 0.5) is 0 Å². The Labute approximate surface area is 114 Å². The average molecular weight is 268 g/mol. The van der Waals surface area contributed by atoms with Crippen LogP contribution in [0.15, 0.2) is 0 Å². The van der Waals surface area contributed by atoms with Crippen molar-refractivity contribution in [3.63, 3.8) is 0 Å². The summed E-state index contributed by atoms with van der Waals surface area (Å²) in [6.07, 6.45) is 5.04.